The molecule has 0 saturated heterocycles. The van der Waals surface area contributed by atoms with Crippen molar-refractivity contribution in [2.45, 2.75) is 6.92 Å². The van der Waals surface area contributed by atoms with Crippen molar-refractivity contribution in [1.29, 1.82) is 0 Å². The van der Waals surface area contributed by atoms with Crippen LogP contribution in [0.25, 0.3) is 11.1 Å². The summed E-state index contributed by atoms with van der Waals surface area (Å²) in [7, 11) is 0. The molecule has 0 bridgehead atoms. The second-order valence-electron chi connectivity index (χ2n) is 6.62. The minimum Gasteiger partial charge on any atom is -0.322 e. The topological polar surface area (TPSA) is 41.5 Å². The predicted octanol–water partition coefficient (Wildman–Crippen LogP) is 6.73. The van der Waals surface area contributed by atoms with E-state index in [9.17, 15) is 4.79 Å². The van der Waals surface area contributed by atoms with Crippen LogP contribution in [-0.4, -0.2) is 12.1 Å². The van der Waals surface area contributed by atoms with Gasteiger partial charge >= 0.3 is 0 Å². The number of benzene rings is 3. The zero-order valence-electron chi connectivity index (χ0n) is 16.0. The number of aryl methyl sites for hydroxylation is 1. The van der Waals surface area contributed by atoms with E-state index in [4.69, 9.17) is 0 Å². The Kier molecular flexibility index (Phi) is 5.63. The Balaban J connectivity index is 1.51. The molecular formula is C25H20N2OS. The second kappa shape index (κ2) is 8.67. The van der Waals surface area contributed by atoms with Crippen LogP contribution < -0.4 is 5.32 Å². The highest BCUT2D eigenvalue weighted by molar-refractivity contribution is 7.13. The average Bonchev–Trinajstić information content (AvgIpc) is 3.19. The largest absolute Gasteiger partial charge is 0.322 e. The highest BCUT2D eigenvalue weighted by Gasteiger charge is 2.11. The van der Waals surface area contributed by atoms with Crippen LogP contribution >= 0.6 is 11.3 Å². The number of aliphatic imine (C=N–C) groups is 1. The highest BCUT2D eigenvalue weighted by Crippen LogP contribution is 2.24. The lowest BCUT2D eigenvalue weighted by Gasteiger charge is -2.08. The van der Waals surface area contributed by atoms with Crippen LogP contribution in [0.4, 0.5) is 11.4 Å². The molecule has 142 valence electrons. The monoisotopic (exact) mass is 396 g/mol. The van der Waals surface area contributed by atoms with Gasteiger partial charge in [-0.25, -0.2) is 0 Å². The Hall–Kier alpha value is -3.50. The van der Waals surface area contributed by atoms with Gasteiger partial charge in [0.1, 0.15) is 0 Å². The molecule has 0 fully saturated rings. The average molecular weight is 397 g/mol. The second-order valence-corrected chi connectivity index (χ2v) is 7.94. The molecule has 1 amide bonds. The van der Waals surface area contributed by atoms with Crippen LogP contribution in [0.15, 0.2) is 96.0 Å². The molecule has 0 unspecified atom stereocenters. The molecule has 1 N–H and O–H groups in total. The number of amides is 1. The third-order valence-electron chi connectivity index (χ3n) is 4.49. The minimum atomic E-state index is -0.174. The molecule has 29 heavy (non-hydrogen) atoms. The van der Waals surface area contributed by atoms with Gasteiger partial charge in [0.15, 0.2) is 0 Å². The number of hydrogen-bond acceptors (Lipinski definition) is 3. The number of carbonyl (C=O) groups excluding carboxylic acids is 1. The number of para-hydroxylation sites is 1. The fourth-order valence-electron chi connectivity index (χ4n) is 3.01. The molecule has 0 radical (unpaired) electrons. The number of carbonyl (C=O) groups is 1. The lowest BCUT2D eigenvalue weighted by Crippen LogP contribution is -2.12. The third kappa shape index (κ3) is 4.68. The van der Waals surface area contributed by atoms with Crippen molar-refractivity contribution >= 4 is 34.8 Å². The summed E-state index contributed by atoms with van der Waals surface area (Å²) in [4.78, 5) is 19.7. The fourth-order valence-corrected chi connectivity index (χ4v) is 3.76. The Labute approximate surface area is 174 Å². The summed E-state index contributed by atoms with van der Waals surface area (Å²) in [6.07, 6.45) is 1.80. The number of rotatable bonds is 5. The van der Waals surface area contributed by atoms with Gasteiger partial charge in [-0.15, -0.1) is 11.3 Å². The van der Waals surface area contributed by atoms with Crippen LogP contribution in [0.3, 0.4) is 0 Å². The van der Waals surface area contributed by atoms with E-state index < -0.39 is 0 Å². The van der Waals surface area contributed by atoms with Crippen LogP contribution in [0.1, 0.15) is 20.1 Å². The van der Waals surface area contributed by atoms with Gasteiger partial charge in [0.2, 0.25) is 0 Å². The molecule has 0 saturated carbocycles. The quantitative estimate of drug-likeness (QED) is 0.374. The van der Waals surface area contributed by atoms with E-state index in [-0.39, 0.29) is 5.91 Å². The molecule has 1 aromatic heterocycles. The van der Waals surface area contributed by atoms with Gasteiger partial charge in [-0.2, -0.15) is 0 Å². The van der Waals surface area contributed by atoms with E-state index in [1.165, 1.54) is 4.88 Å². The predicted molar refractivity (Wildman–Crippen MR) is 123 cm³/mol. The Morgan fingerprint density at radius 3 is 2.24 bits per heavy atom. The first kappa shape index (κ1) is 18.8. The van der Waals surface area contributed by atoms with E-state index in [1.54, 1.807) is 23.6 Å². The lowest BCUT2D eigenvalue weighted by molar-refractivity contribution is 0.102. The van der Waals surface area contributed by atoms with E-state index in [0.717, 1.165) is 21.7 Å². The Bertz CT molecular complexity index is 1140. The normalized spacial score (nSPS) is 10.9. The smallest absolute Gasteiger partial charge is 0.257 e. The Morgan fingerprint density at radius 2 is 1.52 bits per heavy atom. The van der Waals surface area contributed by atoms with Gasteiger partial charge in [-0.1, -0.05) is 54.6 Å². The molecule has 4 rings (SSSR count). The van der Waals surface area contributed by atoms with Gasteiger partial charge in [-0.05, 0) is 54.4 Å². The summed E-state index contributed by atoms with van der Waals surface area (Å²) in [5.74, 6) is -0.174. The zero-order valence-corrected chi connectivity index (χ0v) is 16.8. The van der Waals surface area contributed by atoms with Gasteiger partial charge < -0.3 is 5.32 Å². The maximum absolute atomic E-state index is 12.8. The first-order valence-corrected chi connectivity index (χ1v) is 10.2. The molecule has 4 aromatic rings. The third-order valence-corrected chi connectivity index (χ3v) is 5.43. The molecule has 0 spiro atoms. The van der Waals surface area contributed by atoms with Gasteiger partial charge in [0.25, 0.3) is 5.91 Å². The number of nitrogens with zero attached hydrogens (tertiary/aromatic N) is 1. The number of anilines is 1. The lowest BCUT2D eigenvalue weighted by atomic mass is 10.1. The fraction of sp³-hybridized carbons (Fsp3) is 0.0400. The van der Waals surface area contributed by atoms with Gasteiger partial charge in [-0.3, -0.25) is 9.79 Å². The first-order valence-electron chi connectivity index (χ1n) is 9.35. The molecule has 0 atom stereocenters. The van der Waals surface area contributed by atoms with Crippen LogP contribution in [0, 0.1) is 6.92 Å². The minimum absolute atomic E-state index is 0.174. The van der Waals surface area contributed by atoms with Crippen LogP contribution in [0.5, 0.6) is 0 Å². The summed E-state index contributed by atoms with van der Waals surface area (Å²) >= 11 is 1.67. The van der Waals surface area contributed by atoms with Crippen molar-refractivity contribution in [2.75, 3.05) is 5.32 Å². The van der Waals surface area contributed by atoms with Crippen LogP contribution in [-0.2, 0) is 0 Å². The van der Waals surface area contributed by atoms with Crippen molar-refractivity contribution in [1.82, 2.24) is 0 Å². The number of hydrogen-bond donors (Lipinski definition) is 1. The summed E-state index contributed by atoms with van der Waals surface area (Å²) in [6.45, 7) is 2.06. The summed E-state index contributed by atoms with van der Waals surface area (Å²) < 4.78 is 0. The zero-order chi connectivity index (χ0) is 20.1. The highest BCUT2D eigenvalue weighted by atomic mass is 32.1. The first-order chi connectivity index (χ1) is 14.2. The summed E-state index contributed by atoms with van der Waals surface area (Å²) in [6, 6.07) is 29.5. The molecule has 4 heteroatoms. The van der Waals surface area contributed by atoms with E-state index in [2.05, 4.69) is 35.4 Å². The van der Waals surface area contributed by atoms with Crippen molar-refractivity contribution in [3.8, 4) is 11.1 Å². The van der Waals surface area contributed by atoms with Crippen molar-refractivity contribution in [3.63, 3.8) is 0 Å². The molecule has 3 aromatic carbocycles. The molecule has 0 aliphatic heterocycles. The molecular weight excluding hydrogens is 376 g/mol. The maximum atomic E-state index is 12.8. The standard InChI is InChI=1S/C25H20N2OS/c1-18-11-16-22(29-18)17-26-24-10-6-5-9-23(24)25(28)27-21-14-12-20(13-15-21)19-7-3-2-4-8-19/h2-17H,1H3,(H,27,28). The van der Waals surface area contributed by atoms with Crippen molar-refractivity contribution in [3.05, 3.63) is 106 Å². The van der Waals surface area contributed by atoms with Crippen LogP contribution in [0.2, 0.25) is 0 Å². The number of nitrogens with one attached hydrogen (secondary N) is 1. The van der Waals surface area contributed by atoms with E-state index in [0.29, 0.717) is 11.3 Å². The maximum Gasteiger partial charge on any atom is 0.257 e. The molecule has 3 nitrogen and oxygen atoms in total. The summed E-state index contributed by atoms with van der Waals surface area (Å²) in [5, 5.41) is 2.97. The molecule has 0 aliphatic carbocycles. The van der Waals surface area contributed by atoms with Gasteiger partial charge in [0.05, 0.1) is 11.3 Å². The van der Waals surface area contributed by atoms with E-state index >= 15 is 0 Å². The van der Waals surface area contributed by atoms with Crippen molar-refractivity contribution in [2.24, 2.45) is 4.99 Å². The Morgan fingerprint density at radius 1 is 0.828 bits per heavy atom. The molecule has 0 aliphatic rings. The number of thiophene rings is 1. The van der Waals surface area contributed by atoms with Crippen molar-refractivity contribution < 1.29 is 4.79 Å². The summed E-state index contributed by atoms with van der Waals surface area (Å²) in [5.41, 5.74) is 4.21. The van der Waals surface area contributed by atoms with Gasteiger partial charge in [0, 0.05) is 21.7 Å². The SMILES string of the molecule is Cc1ccc(C=Nc2ccccc2C(=O)Nc2ccc(-c3ccccc3)cc2)s1. The van der Waals surface area contributed by atoms with E-state index in [1.807, 2.05) is 66.7 Å². The molecule has 1 heterocycles.